The van der Waals surface area contributed by atoms with Gasteiger partial charge in [0, 0.05) is 5.92 Å². The van der Waals surface area contributed by atoms with Gasteiger partial charge in [0.25, 0.3) is 0 Å². The van der Waals surface area contributed by atoms with E-state index in [9.17, 15) is 4.79 Å². The van der Waals surface area contributed by atoms with Crippen molar-refractivity contribution in [3.63, 3.8) is 0 Å². The molecule has 3 nitrogen and oxygen atoms in total. The minimum absolute atomic E-state index is 0.284. The molecular formula is C15H22O3. The van der Waals surface area contributed by atoms with E-state index in [2.05, 4.69) is 6.08 Å². The van der Waals surface area contributed by atoms with Gasteiger partial charge < -0.3 is 9.47 Å². The molecule has 0 aliphatic carbocycles. The predicted octanol–water partition coefficient (Wildman–Crippen LogP) is 3.03. The highest BCUT2D eigenvalue weighted by Crippen LogP contribution is 2.21. The molecular weight excluding hydrogens is 228 g/mol. The van der Waals surface area contributed by atoms with E-state index in [1.165, 1.54) is 12.7 Å². The first-order valence-corrected chi connectivity index (χ1v) is 6.25. The van der Waals surface area contributed by atoms with Crippen LogP contribution in [-0.4, -0.2) is 26.3 Å². The van der Waals surface area contributed by atoms with Crippen LogP contribution >= 0.6 is 0 Å². The Bertz CT molecular complexity index is 381. The van der Waals surface area contributed by atoms with E-state index in [4.69, 9.17) is 9.47 Å². The molecule has 1 saturated heterocycles. The van der Waals surface area contributed by atoms with E-state index in [-0.39, 0.29) is 5.97 Å². The highest BCUT2D eigenvalue weighted by atomic mass is 16.5. The van der Waals surface area contributed by atoms with Crippen molar-refractivity contribution < 1.29 is 14.3 Å². The topological polar surface area (TPSA) is 35.5 Å². The number of methoxy groups -OCH3 is 1. The Hall–Kier alpha value is -1.35. The number of allylic oxidation sites excluding steroid dienone is 4. The summed E-state index contributed by atoms with van der Waals surface area (Å²) < 4.78 is 9.93. The lowest BCUT2D eigenvalue weighted by Crippen LogP contribution is -2.27. The molecule has 0 amide bonds. The Labute approximate surface area is 109 Å². The van der Waals surface area contributed by atoms with Crippen LogP contribution in [-0.2, 0) is 14.3 Å². The van der Waals surface area contributed by atoms with Crippen molar-refractivity contribution in [2.24, 2.45) is 5.92 Å². The zero-order valence-corrected chi connectivity index (χ0v) is 11.7. The molecule has 0 saturated carbocycles. The summed E-state index contributed by atoms with van der Waals surface area (Å²) in [5, 5.41) is 0. The SMILES string of the molecule is C/C=C(\C=C/C(C(=O)OC)=C(C)C)CC1COC1. The average Bonchev–Trinajstić information content (AvgIpc) is 2.30. The summed E-state index contributed by atoms with van der Waals surface area (Å²) in [5.41, 5.74) is 2.81. The van der Waals surface area contributed by atoms with Crippen LogP contribution in [0.1, 0.15) is 27.2 Å². The van der Waals surface area contributed by atoms with Crippen LogP contribution in [0.3, 0.4) is 0 Å². The normalized spacial score (nSPS) is 16.6. The molecule has 0 aromatic heterocycles. The minimum Gasteiger partial charge on any atom is -0.465 e. The molecule has 0 atom stereocenters. The van der Waals surface area contributed by atoms with Gasteiger partial charge in [-0.05, 0) is 33.3 Å². The number of carbonyl (C=O) groups is 1. The largest absolute Gasteiger partial charge is 0.465 e. The Morgan fingerprint density at radius 3 is 2.39 bits per heavy atom. The van der Waals surface area contributed by atoms with E-state index in [0.29, 0.717) is 11.5 Å². The molecule has 1 fully saturated rings. The van der Waals surface area contributed by atoms with Crippen molar-refractivity contribution in [1.82, 2.24) is 0 Å². The fraction of sp³-hybridized carbons (Fsp3) is 0.533. The molecule has 3 heteroatoms. The van der Waals surface area contributed by atoms with Gasteiger partial charge in [-0.3, -0.25) is 0 Å². The van der Waals surface area contributed by atoms with Crippen molar-refractivity contribution >= 4 is 5.97 Å². The molecule has 1 heterocycles. The van der Waals surface area contributed by atoms with Crippen LogP contribution in [0.5, 0.6) is 0 Å². The average molecular weight is 250 g/mol. The first-order valence-electron chi connectivity index (χ1n) is 6.25. The molecule has 0 aromatic carbocycles. The molecule has 1 rings (SSSR count). The number of hydrogen-bond acceptors (Lipinski definition) is 3. The van der Waals surface area contributed by atoms with E-state index >= 15 is 0 Å². The number of hydrogen-bond donors (Lipinski definition) is 0. The van der Waals surface area contributed by atoms with Crippen LogP contribution in [0.4, 0.5) is 0 Å². The van der Waals surface area contributed by atoms with Crippen LogP contribution in [0.2, 0.25) is 0 Å². The fourth-order valence-electron chi connectivity index (χ4n) is 1.76. The molecule has 0 N–H and O–H groups in total. The summed E-state index contributed by atoms with van der Waals surface area (Å²) in [7, 11) is 1.40. The third-order valence-electron chi connectivity index (χ3n) is 3.01. The molecule has 0 bridgehead atoms. The second-order valence-corrected chi connectivity index (χ2v) is 4.71. The number of esters is 1. The maximum atomic E-state index is 11.6. The summed E-state index contributed by atoms with van der Waals surface area (Å²) in [4.78, 5) is 11.6. The van der Waals surface area contributed by atoms with Crippen molar-refractivity contribution in [2.45, 2.75) is 27.2 Å². The second kappa shape index (κ2) is 7.17. The zero-order valence-electron chi connectivity index (χ0n) is 11.7. The van der Waals surface area contributed by atoms with Crippen LogP contribution in [0, 0.1) is 5.92 Å². The molecule has 1 aliphatic heterocycles. The van der Waals surface area contributed by atoms with Gasteiger partial charge >= 0.3 is 5.97 Å². The van der Waals surface area contributed by atoms with E-state index in [1.807, 2.05) is 32.9 Å². The standard InChI is InChI=1S/C15H22O3/c1-5-12(8-13-9-18-10-13)6-7-14(11(2)3)15(16)17-4/h5-7,13H,8-10H2,1-4H3/b7-6-,12-5+. The van der Waals surface area contributed by atoms with Crippen molar-refractivity contribution in [1.29, 1.82) is 0 Å². The lowest BCUT2D eigenvalue weighted by Gasteiger charge is -2.26. The fourth-order valence-corrected chi connectivity index (χ4v) is 1.76. The van der Waals surface area contributed by atoms with Gasteiger partial charge in [0.1, 0.15) is 0 Å². The third kappa shape index (κ3) is 4.15. The van der Waals surface area contributed by atoms with Gasteiger partial charge in [0.05, 0.1) is 25.9 Å². The van der Waals surface area contributed by atoms with E-state index in [0.717, 1.165) is 25.2 Å². The smallest absolute Gasteiger partial charge is 0.337 e. The molecule has 18 heavy (non-hydrogen) atoms. The van der Waals surface area contributed by atoms with Gasteiger partial charge in [0.15, 0.2) is 0 Å². The first-order chi connectivity index (χ1) is 8.58. The number of rotatable bonds is 5. The lowest BCUT2D eigenvalue weighted by atomic mass is 9.96. The quantitative estimate of drug-likeness (QED) is 0.427. The summed E-state index contributed by atoms with van der Waals surface area (Å²) in [5.74, 6) is 0.336. The second-order valence-electron chi connectivity index (χ2n) is 4.71. The lowest BCUT2D eigenvalue weighted by molar-refractivity contribution is -0.135. The Kier molecular flexibility index (Phi) is 5.86. The van der Waals surface area contributed by atoms with Crippen molar-refractivity contribution in [2.75, 3.05) is 20.3 Å². The molecule has 0 radical (unpaired) electrons. The Morgan fingerprint density at radius 2 is 2.00 bits per heavy atom. The molecule has 1 aliphatic rings. The highest BCUT2D eigenvalue weighted by Gasteiger charge is 2.18. The van der Waals surface area contributed by atoms with Gasteiger partial charge in [-0.2, -0.15) is 0 Å². The molecule has 100 valence electrons. The maximum absolute atomic E-state index is 11.6. The Morgan fingerprint density at radius 1 is 1.33 bits per heavy atom. The monoisotopic (exact) mass is 250 g/mol. The molecule has 0 aromatic rings. The van der Waals surface area contributed by atoms with Gasteiger partial charge in [-0.15, -0.1) is 0 Å². The molecule has 0 unspecified atom stereocenters. The van der Waals surface area contributed by atoms with Crippen LogP contribution < -0.4 is 0 Å². The maximum Gasteiger partial charge on any atom is 0.337 e. The van der Waals surface area contributed by atoms with Gasteiger partial charge in [-0.25, -0.2) is 4.79 Å². The zero-order chi connectivity index (χ0) is 13.5. The van der Waals surface area contributed by atoms with E-state index in [1.54, 1.807) is 0 Å². The summed E-state index contributed by atoms with van der Waals surface area (Å²) >= 11 is 0. The third-order valence-corrected chi connectivity index (χ3v) is 3.01. The number of carbonyl (C=O) groups excluding carboxylic acids is 1. The summed E-state index contributed by atoms with van der Waals surface area (Å²) in [6, 6.07) is 0. The van der Waals surface area contributed by atoms with Crippen molar-refractivity contribution in [3.05, 3.63) is 34.9 Å². The Balaban J connectivity index is 2.69. The first kappa shape index (κ1) is 14.7. The van der Waals surface area contributed by atoms with Crippen LogP contribution in [0.15, 0.2) is 34.9 Å². The highest BCUT2D eigenvalue weighted by molar-refractivity contribution is 5.92. The van der Waals surface area contributed by atoms with E-state index < -0.39 is 0 Å². The van der Waals surface area contributed by atoms with Gasteiger partial charge in [-0.1, -0.05) is 23.3 Å². The van der Waals surface area contributed by atoms with Crippen molar-refractivity contribution in [3.8, 4) is 0 Å². The summed E-state index contributed by atoms with van der Waals surface area (Å²) in [6.07, 6.45) is 6.92. The number of ether oxygens (including phenoxy) is 2. The van der Waals surface area contributed by atoms with Gasteiger partial charge in [0.2, 0.25) is 0 Å². The minimum atomic E-state index is -0.284. The summed E-state index contributed by atoms with van der Waals surface area (Å²) in [6.45, 7) is 7.52. The predicted molar refractivity (Wildman–Crippen MR) is 72.2 cm³/mol. The van der Waals surface area contributed by atoms with Crippen LogP contribution in [0.25, 0.3) is 0 Å². The molecule has 0 spiro atoms.